The molecule has 5 aromatic carbocycles. The molecule has 4 heteroatoms. The molecule has 3 heterocycles. The Balaban J connectivity index is 1.25. The van der Waals surface area contributed by atoms with Gasteiger partial charge in [0.25, 0.3) is 0 Å². The van der Waals surface area contributed by atoms with Crippen molar-refractivity contribution < 1.29 is 8.83 Å². The monoisotopic (exact) mass is 546 g/mol. The van der Waals surface area contributed by atoms with Crippen LogP contribution in [0.3, 0.4) is 0 Å². The molecule has 194 valence electrons. The fraction of sp³-hybridized carbons (Fsp3) is 0.0541. The number of hydrogen-bond acceptors (Lipinski definition) is 4. The van der Waals surface area contributed by atoms with Gasteiger partial charge < -0.3 is 8.83 Å². The smallest absolute Gasteiger partial charge is 0.200 e. The van der Waals surface area contributed by atoms with E-state index in [9.17, 15) is 4.79 Å². The molecule has 9 rings (SSSR count). The van der Waals surface area contributed by atoms with Crippen LogP contribution in [-0.4, -0.2) is 0 Å². The van der Waals surface area contributed by atoms with Gasteiger partial charge in [-0.25, -0.2) is 0 Å². The average molecular weight is 547 g/mol. The predicted octanol–water partition coefficient (Wildman–Crippen LogP) is 8.75. The Morgan fingerprint density at radius 1 is 0.561 bits per heavy atom. The zero-order valence-electron chi connectivity index (χ0n) is 21.9. The Hall–Kier alpha value is -4.93. The van der Waals surface area contributed by atoms with Crippen LogP contribution in [0.25, 0.3) is 88.4 Å². The van der Waals surface area contributed by atoms with Crippen LogP contribution >= 0.6 is 11.3 Å². The minimum absolute atomic E-state index is 0.0268. The van der Waals surface area contributed by atoms with Crippen LogP contribution < -0.4 is 15.2 Å². The maximum atomic E-state index is 14.0. The summed E-state index contributed by atoms with van der Waals surface area (Å²) in [4.78, 5) is 14.0. The quantitative estimate of drug-likeness (QED) is 0.204. The van der Waals surface area contributed by atoms with Gasteiger partial charge in [0.2, 0.25) is 5.43 Å². The van der Waals surface area contributed by atoms with E-state index in [4.69, 9.17) is 8.83 Å². The molecule has 3 nitrogen and oxygen atoms in total. The summed E-state index contributed by atoms with van der Waals surface area (Å²) < 4.78 is 15.1. The number of hydrogen-bond donors (Lipinski definition) is 0. The largest absolute Gasteiger partial charge is 0.456 e. The minimum atomic E-state index is -0.0268. The Labute approximate surface area is 237 Å². The molecule has 41 heavy (non-hydrogen) atoms. The molecular formula is C37H22O3S. The Bertz CT molecular complexity index is 2560. The van der Waals surface area contributed by atoms with Crippen molar-refractivity contribution in [1.29, 1.82) is 0 Å². The van der Waals surface area contributed by atoms with Crippen LogP contribution in [0.15, 0.2) is 111 Å². The fourth-order valence-electron chi connectivity index (χ4n) is 6.35. The summed E-state index contributed by atoms with van der Waals surface area (Å²) in [5, 5.41) is 5.93. The van der Waals surface area contributed by atoms with Gasteiger partial charge in [-0.3, -0.25) is 4.79 Å². The van der Waals surface area contributed by atoms with Crippen molar-refractivity contribution in [3.63, 3.8) is 0 Å². The van der Waals surface area contributed by atoms with Crippen molar-refractivity contribution in [3.05, 3.63) is 117 Å². The van der Waals surface area contributed by atoms with E-state index in [1.54, 1.807) is 0 Å². The van der Waals surface area contributed by atoms with E-state index in [2.05, 4.69) is 48.6 Å². The van der Waals surface area contributed by atoms with Gasteiger partial charge in [0, 0.05) is 31.0 Å². The second kappa shape index (κ2) is 8.53. The number of rotatable bonds is 2. The maximum Gasteiger partial charge on any atom is 0.200 e. The summed E-state index contributed by atoms with van der Waals surface area (Å²) in [5.74, 6) is 0. The molecule has 0 saturated carbocycles. The van der Waals surface area contributed by atoms with Crippen molar-refractivity contribution >= 4 is 77.5 Å². The first kappa shape index (κ1) is 22.8. The van der Waals surface area contributed by atoms with Gasteiger partial charge in [0.05, 0.1) is 10.8 Å². The lowest BCUT2D eigenvalue weighted by atomic mass is 9.99. The molecule has 1 aliphatic rings. The Kier molecular flexibility index (Phi) is 4.75. The molecule has 8 aromatic rings. The number of para-hydroxylation sites is 2. The van der Waals surface area contributed by atoms with Crippen LogP contribution in [0.2, 0.25) is 0 Å². The Morgan fingerprint density at radius 3 is 2.05 bits per heavy atom. The molecule has 3 aromatic heterocycles. The summed E-state index contributed by atoms with van der Waals surface area (Å²) in [6, 6.07) is 32.5. The predicted molar refractivity (Wildman–Crippen MR) is 171 cm³/mol. The molecule has 0 amide bonds. The third-order valence-electron chi connectivity index (χ3n) is 8.32. The van der Waals surface area contributed by atoms with Crippen molar-refractivity contribution in [2.24, 2.45) is 0 Å². The molecule has 0 spiro atoms. The summed E-state index contributed by atoms with van der Waals surface area (Å²) in [6.07, 6.45) is 6.86. The average Bonchev–Trinajstić information content (AvgIpc) is 3.60. The van der Waals surface area contributed by atoms with E-state index in [0.29, 0.717) is 21.9 Å². The van der Waals surface area contributed by atoms with E-state index >= 15 is 0 Å². The van der Waals surface area contributed by atoms with Crippen LogP contribution in [-0.2, 0) is 0 Å². The summed E-state index contributed by atoms with van der Waals surface area (Å²) in [6.45, 7) is 0. The highest BCUT2D eigenvalue weighted by molar-refractivity contribution is 7.17. The lowest BCUT2D eigenvalue weighted by Crippen LogP contribution is -2.20. The first-order valence-electron chi connectivity index (χ1n) is 13.9. The van der Waals surface area contributed by atoms with Crippen molar-refractivity contribution in [2.75, 3.05) is 0 Å². The lowest BCUT2D eigenvalue weighted by Gasteiger charge is -2.08. The number of thiophene rings is 1. The van der Waals surface area contributed by atoms with Crippen LogP contribution in [0.4, 0.5) is 0 Å². The highest BCUT2D eigenvalue weighted by Gasteiger charge is 2.16. The van der Waals surface area contributed by atoms with Crippen molar-refractivity contribution in [1.82, 2.24) is 0 Å². The topological polar surface area (TPSA) is 43.4 Å². The van der Waals surface area contributed by atoms with Crippen LogP contribution in [0, 0.1) is 0 Å². The molecule has 0 atom stereocenters. The molecule has 1 aliphatic carbocycles. The van der Waals surface area contributed by atoms with Gasteiger partial charge in [-0.05, 0) is 65.1 Å². The Morgan fingerprint density at radius 2 is 1.22 bits per heavy atom. The van der Waals surface area contributed by atoms with E-state index < -0.39 is 0 Å². The van der Waals surface area contributed by atoms with Gasteiger partial charge in [-0.1, -0.05) is 78.9 Å². The van der Waals surface area contributed by atoms with Crippen LogP contribution in [0.5, 0.6) is 0 Å². The highest BCUT2D eigenvalue weighted by Crippen LogP contribution is 2.37. The zero-order valence-corrected chi connectivity index (χ0v) is 22.8. The molecule has 0 radical (unpaired) electrons. The first-order chi connectivity index (χ1) is 20.2. The normalized spacial score (nSPS) is 13.2. The molecule has 0 N–H and O–H groups in total. The van der Waals surface area contributed by atoms with Gasteiger partial charge in [0.1, 0.15) is 22.3 Å². The summed E-state index contributed by atoms with van der Waals surface area (Å²) in [7, 11) is 0. The summed E-state index contributed by atoms with van der Waals surface area (Å²) >= 11 is 1.84. The molecule has 0 fully saturated rings. The minimum Gasteiger partial charge on any atom is -0.456 e. The fourth-order valence-corrected chi connectivity index (χ4v) is 7.66. The van der Waals surface area contributed by atoms with Gasteiger partial charge in [-0.15, -0.1) is 11.3 Å². The first-order valence-corrected chi connectivity index (χ1v) is 14.7. The SMILES string of the molecule is O=c1c2cc(-c3cccc4c3oc3ccccc34)ccc2oc2ccc(-c3cccc4c5c(sc34)=CCCC=5)cc12. The standard InChI is InChI=1S/C37H22O3S/c38-35-29-19-21(23-9-5-11-27-25-7-1-3-13-31(25)40-36(23)27)15-17-32(29)39-33-18-16-22(20-30(33)35)24-10-6-12-28-26-8-2-4-14-34(26)41-37(24)28/h1,3,5-20H,2,4H2. The third-order valence-corrected chi connectivity index (χ3v) is 9.57. The second-order valence-electron chi connectivity index (χ2n) is 10.7. The van der Waals surface area contributed by atoms with Gasteiger partial charge in [0.15, 0.2) is 0 Å². The maximum absolute atomic E-state index is 14.0. The van der Waals surface area contributed by atoms with Gasteiger partial charge >= 0.3 is 0 Å². The molecule has 0 bridgehead atoms. The van der Waals surface area contributed by atoms with Gasteiger partial charge in [-0.2, -0.15) is 0 Å². The highest BCUT2D eigenvalue weighted by atomic mass is 32.1. The van der Waals surface area contributed by atoms with E-state index in [-0.39, 0.29) is 5.43 Å². The molecule has 0 saturated heterocycles. The number of furan rings is 1. The van der Waals surface area contributed by atoms with Crippen LogP contribution in [0.1, 0.15) is 12.8 Å². The lowest BCUT2D eigenvalue weighted by molar-refractivity contribution is 0.660. The molecule has 0 unspecified atom stereocenters. The third kappa shape index (κ3) is 3.35. The van der Waals surface area contributed by atoms with E-state index in [1.165, 1.54) is 19.8 Å². The molecular weight excluding hydrogens is 524 g/mol. The summed E-state index contributed by atoms with van der Waals surface area (Å²) in [5.41, 5.74) is 6.87. The number of fused-ring (bicyclic) bond motifs is 8. The van der Waals surface area contributed by atoms with Crippen molar-refractivity contribution in [3.8, 4) is 22.3 Å². The zero-order chi connectivity index (χ0) is 27.1. The van der Waals surface area contributed by atoms with E-state index in [1.807, 2.05) is 72.0 Å². The van der Waals surface area contributed by atoms with Crippen molar-refractivity contribution in [2.45, 2.75) is 12.8 Å². The van der Waals surface area contributed by atoms with E-state index in [0.717, 1.165) is 57.0 Å². The molecule has 0 aliphatic heterocycles. The second-order valence-corrected chi connectivity index (χ2v) is 11.7. The number of benzene rings is 5.